The fourth-order valence-corrected chi connectivity index (χ4v) is 1.96. The molecule has 0 spiro atoms. The van der Waals surface area contributed by atoms with E-state index in [9.17, 15) is 9.59 Å². The molecule has 106 valence electrons. The van der Waals surface area contributed by atoms with Crippen LogP contribution in [-0.4, -0.2) is 30.4 Å². The summed E-state index contributed by atoms with van der Waals surface area (Å²) in [5.74, 6) is -0.953. The number of carbonyl (C=O) groups is 2. The van der Waals surface area contributed by atoms with Crippen LogP contribution in [0.2, 0.25) is 0 Å². The van der Waals surface area contributed by atoms with Crippen molar-refractivity contribution in [1.29, 1.82) is 0 Å². The summed E-state index contributed by atoms with van der Waals surface area (Å²) in [4.78, 5) is 22.5. The van der Waals surface area contributed by atoms with Crippen LogP contribution in [0.4, 0.5) is 10.5 Å². The third kappa shape index (κ3) is 3.09. The molecule has 0 bridgehead atoms. The van der Waals surface area contributed by atoms with E-state index in [4.69, 9.17) is 14.6 Å². The van der Waals surface area contributed by atoms with Crippen LogP contribution in [0.3, 0.4) is 0 Å². The number of benzene rings is 1. The van der Waals surface area contributed by atoms with Gasteiger partial charge in [0.1, 0.15) is 19.0 Å². The third-order valence-corrected chi connectivity index (χ3v) is 2.91. The molecule has 2 rings (SSSR count). The summed E-state index contributed by atoms with van der Waals surface area (Å²) in [5, 5.41) is 11.6. The lowest BCUT2D eigenvalue weighted by Crippen LogP contribution is -2.28. The lowest BCUT2D eigenvalue weighted by molar-refractivity contribution is -0.143. The maximum absolute atomic E-state index is 11.5. The van der Waals surface area contributed by atoms with Crippen molar-refractivity contribution in [3.8, 4) is 5.75 Å². The smallest absolute Gasteiger partial charge is 0.412 e. The van der Waals surface area contributed by atoms with Crippen LogP contribution in [0.15, 0.2) is 30.9 Å². The van der Waals surface area contributed by atoms with E-state index in [2.05, 4.69) is 11.9 Å². The highest BCUT2D eigenvalue weighted by atomic mass is 16.5. The van der Waals surface area contributed by atoms with Gasteiger partial charge in [-0.2, -0.15) is 0 Å². The van der Waals surface area contributed by atoms with Crippen molar-refractivity contribution < 1.29 is 24.2 Å². The number of amides is 1. The minimum atomic E-state index is -0.889. The number of ether oxygens (including phenoxy) is 2. The largest absolute Gasteiger partial charge is 0.490 e. The van der Waals surface area contributed by atoms with Gasteiger partial charge in [-0.15, -0.1) is 0 Å². The Hall–Kier alpha value is -2.50. The molecule has 1 amide bonds. The summed E-state index contributed by atoms with van der Waals surface area (Å²) in [6.07, 6.45) is 1.23. The van der Waals surface area contributed by atoms with Gasteiger partial charge >= 0.3 is 12.1 Å². The van der Waals surface area contributed by atoms with Gasteiger partial charge in [0, 0.05) is 0 Å². The van der Waals surface area contributed by atoms with Crippen molar-refractivity contribution in [3.05, 3.63) is 36.4 Å². The number of hydrogen-bond acceptors (Lipinski definition) is 4. The summed E-state index contributed by atoms with van der Waals surface area (Å²) >= 11 is 0. The summed E-state index contributed by atoms with van der Waals surface area (Å²) < 4.78 is 10.3. The number of hydrogen-bond donors (Lipinski definition) is 2. The van der Waals surface area contributed by atoms with E-state index >= 15 is 0 Å². The second-order valence-corrected chi connectivity index (χ2v) is 4.36. The van der Waals surface area contributed by atoms with Gasteiger partial charge in [0.05, 0.1) is 11.6 Å². The lowest BCUT2D eigenvalue weighted by Gasteiger charge is -2.24. The van der Waals surface area contributed by atoms with Crippen molar-refractivity contribution >= 4 is 17.7 Å². The molecular weight excluding hydrogens is 262 g/mol. The molecule has 2 N–H and O–H groups in total. The fraction of sp³-hybridized carbons (Fsp3) is 0.286. The monoisotopic (exact) mass is 277 g/mol. The summed E-state index contributed by atoms with van der Waals surface area (Å²) in [5.41, 5.74) is 1.23. The number of carboxylic acids is 1. The van der Waals surface area contributed by atoms with E-state index in [1.54, 1.807) is 18.2 Å². The molecule has 0 aromatic heterocycles. The first-order valence-electron chi connectivity index (χ1n) is 6.14. The van der Waals surface area contributed by atoms with Crippen molar-refractivity contribution in [2.75, 3.05) is 18.5 Å². The third-order valence-electron chi connectivity index (χ3n) is 2.91. The second-order valence-electron chi connectivity index (χ2n) is 4.36. The first kappa shape index (κ1) is 13.9. The average molecular weight is 277 g/mol. The molecule has 6 nitrogen and oxygen atoms in total. The quantitative estimate of drug-likeness (QED) is 0.823. The number of anilines is 1. The molecule has 1 aromatic carbocycles. The van der Waals surface area contributed by atoms with Crippen molar-refractivity contribution in [1.82, 2.24) is 0 Å². The van der Waals surface area contributed by atoms with Gasteiger partial charge in [-0.3, -0.25) is 10.1 Å². The van der Waals surface area contributed by atoms with E-state index in [1.165, 1.54) is 6.08 Å². The predicted octanol–water partition coefficient (Wildman–Crippen LogP) is 2.06. The van der Waals surface area contributed by atoms with Crippen molar-refractivity contribution in [2.45, 2.75) is 6.42 Å². The Morgan fingerprint density at radius 1 is 1.55 bits per heavy atom. The second kappa shape index (κ2) is 6.10. The molecule has 0 saturated heterocycles. The normalized spacial score (nSPS) is 16.5. The number of carbonyl (C=O) groups excluding carboxylic acids is 1. The molecule has 6 heteroatoms. The molecule has 1 aliphatic heterocycles. The SMILES string of the molecule is C=CCOC(=O)Nc1cccc2c1OCC(C(=O)O)C2. The molecule has 0 aliphatic carbocycles. The van der Waals surface area contributed by atoms with Crippen LogP contribution in [0, 0.1) is 5.92 Å². The van der Waals surface area contributed by atoms with Crippen LogP contribution in [0.1, 0.15) is 5.56 Å². The van der Waals surface area contributed by atoms with Crippen LogP contribution in [-0.2, 0) is 16.0 Å². The average Bonchev–Trinajstić information content (AvgIpc) is 2.44. The first-order chi connectivity index (χ1) is 9.61. The Balaban J connectivity index is 2.13. The standard InChI is InChI=1S/C14H15NO5/c1-2-6-19-14(18)15-11-5-3-4-9-7-10(13(16)17)8-20-12(9)11/h2-5,10H,1,6-8H2,(H,15,18)(H,16,17). The zero-order valence-electron chi connectivity index (χ0n) is 10.8. The highest BCUT2D eigenvalue weighted by Crippen LogP contribution is 2.34. The van der Waals surface area contributed by atoms with Gasteiger partial charge in [0.2, 0.25) is 0 Å². The van der Waals surface area contributed by atoms with E-state index in [-0.39, 0.29) is 13.2 Å². The van der Waals surface area contributed by atoms with Crippen LogP contribution < -0.4 is 10.1 Å². The van der Waals surface area contributed by atoms with Gasteiger partial charge in [-0.25, -0.2) is 4.79 Å². The molecule has 1 aliphatic rings. The van der Waals surface area contributed by atoms with E-state index in [0.29, 0.717) is 17.9 Å². The molecule has 1 unspecified atom stereocenters. The van der Waals surface area contributed by atoms with Gasteiger partial charge < -0.3 is 14.6 Å². The van der Waals surface area contributed by atoms with Crippen LogP contribution in [0.25, 0.3) is 0 Å². The summed E-state index contributed by atoms with van der Waals surface area (Å²) in [6.45, 7) is 3.65. The number of aliphatic carboxylic acids is 1. The number of fused-ring (bicyclic) bond motifs is 1. The Bertz CT molecular complexity index is 540. The number of nitrogens with one attached hydrogen (secondary N) is 1. The molecule has 0 radical (unpaired) electrons. The number of carboxylic acid groups (broad SMARTS) is 1. The summed E-state index contributed by atoms with van der Waals surface area (Å²) in [6, 6.07) is 5.19. The van der Waals surface area contributed by atoms with Crippen molar-refractivity contribution in [3.63, 3.8) is 0 Å². The van der Waals surface area contributed by atoms with Crippen LogP contribution >= 0.6 is 0 Å². The molecule has 0 fully saturated rings. The Labute approximate surface area is 116 Å². The fourth-order valence-electron chi connectivity index (χ4n) is 1.96. The van der Waals surface area contributed by atoms with E-state index in [0.717, 1.165) is 5.56 Å². The lowest BCUT2D eigenvalue weighted by atomic mass is 9.96. The Morgan fingerprint density at radius 3 is 3.05 bits per heavy atom. The highest BCUT2D eigenvalue weighted by Gasteiger charge is 2.27. The Morgan fingerprint density at radius 2 is 2.35 bits per heavy atom. The zero-order valence-corrected chi connectivity index (χ0v) is 10.8. The zero-order chi connectivity index (χ0) is 14.5. The van der Waals surface area contributed by atoms with Crippen LogP contribution in [0.5, 0.6) is 5.75 Å². The summed E-state index contributed by atoms with van der Waals surface area (Å²) in [7, 11) is 0. The molecule has 1 heterocycles. The van der Waals surface area contributed by atoms with Gasteiger partial charge in [-0.1, -0.05) is 24.8 Å². The molecular formula is C14H15NO5. The van der Waals surface area contributed by atoms with Gasteiger partial charge in [0.25, 0.3) is 0 Å². The number of para-hydroxylation sites is 1. The predicted molar refractivity (Wildman–Crippen MR) is 71.9 cm³/mol. The number of rotatable bonds is 4. The minimum Gasteiger partial charge on any atom is -0.490 e. The van der Waals surface area contributed by atoms with E-state index < -0.39 is 18.0 Å². The maximum Gasteiger partial charge on any atom is 0.412 e. The topological polar surface area (TPSA) is 84.9 Å². The first-order valence-corrected chi connectivity index (χ1v) is 6.14. The molecule has 1 aromatic rings. The Kier molecular flexibility index (Phi) is 4.24. The van der Waals surface area contributed by atoms with E-state index in [1.807, 2.05) is 0 Å². The van der Waals surface area contributed by atoms with Crippen molar-refractivity contribution in [2.24, 2.45) is 5.92 Å². The highest BCUT2D eigenvalue weighted by molar-refractivity contribution is 5.87. The minimum absolute atomic E-state index is 0.0860. The molecule has 0 saturated carbocycles. The maximum atomic E-state index is 11.5. The molecule has 20 heavy (non-hydrogen) atoms. The molecule has 1 atom stereocenters. The van der Waals surface area contributed by atoms with Gasteiger partial charge in [0.15, 0.2) is 0 Å². The van der Waals surface area contributed by atoms with Gasteiger partial charge in [-0.05, 0) is 18.1 Å².